The van der Waals surface area contributed by atoms with Gasteiger partial charge in [0.1, 0.15) is 18.1 Å². The molecule has 1 amide bonds. The average Bonchev–Trinajstić information content (AvgIpc) is 2.75. The third-order valence-electron chi connectivity index (χ3n) is 5.04. The molecule has 0 spiro atoms. The minimum atomic E-state index is -0.164. The van der Waals surface area contributed by atoms with Gasteiger partial charge in [0.15, 0.2) is 0 Å². The van der Waals surface area contributed by atoms with E-state index in [1.807, 2.05) is 55.6 Å². The van der Waals surface area contributed by atoms with Crippen LogP contribution < -0.4 is 14.8 Å². The molecule has 30 heavy (non-hydrogen) atoms. The molecule has 0 bridgehead atoms. The number of nitrogens with one attached hydrogen (secondary N) is 1. The molecule has 0 aliphatic carbocycles. The van der Waals surface area contributed by atoms with Crippen molar-refractivity contribution in [3.8, 4) is 11.5 Å². The summed E-state index contributed by atoms with van der Waals surface area (Å²) in [5.74, 6) is 1.37. The van der Waals surface area contributed by atoms with Gasteiger partial charge in [-0.2, -0.15) is 0 Å². The molecule has 0 aliphatic rings. The number of ether oxygens (including phenoxy) is 2. The molecule has 5 heteroatoms. The number of para-hydroxylation sites is 1. The number of thioether (sulfide) groups is 1. The van der Waals surface area contributed by atoms with Gasteiger partial charge in [-0.25, -0.2) is 0 Å². The standard InChI is InChI=1S/C25H27NO3S/c1-16-12-17(2)18(3)23(13-16)29-15-20-14-19(10-11-22(20)28-4)25(27)26-21-8-6-7-9-24(21)30-5/h6-14H,15H2,1-5H3,(H,26,27). The van der Waals surface area contributed by atoms with Crippen LogP contribution in [0.1, 0.15) is 32.6 Å². The number of methoxy groups -OCH3 is 1. The molecule has 0 aromatic heterocycles. The Kier molecular flexibility index (Phi) is 7.06. The number of aryl methyl sites for hydroxylation is 2. The second-order valence-electron chi connectivity index (χ2n) is 7.17. The van der Waals surface area contributed by atoms with Crippen LogP contribution in [-0.2, 0) is 6.61 Å². The van der Waals surface area contributed by atoms with E-state index in [1.54, 1.807) is 24.9 Å². The summed E-state index contributed by atoms with van der Waals surface area (Å²) in [6.07, 6.45) is 1.99. The van der Waals surface area contributed by atoms with Crippen LogP contribution in [0.4, 0.5) is 5.69 Å². The Morgan fingerprint density at radius 1 is 1.00 bits per heavy atom. The summed E-state index contributed by atoms with van der Waals surface area (Å²) in [5, 5.41) is 3.00. The lowest BCUT2D eigenvalue weighted by molar-refractivity contribution is 0.102. The van der Waals surface area contributed by atoms with Crippen LogP contribution in [0.2, 0.25) is 0 Å². The first kappa shape index (κ1) is 21.8. The summed E-state index contributed by atoms with van der Waals surface area (Å²) in [6.45, 7) is 6.49. The van der Waals surface area contributed by atoms with E-state index in [0.29, 0.717) is 17.9 Å². The average molecular weight is 422 g/mol. The summed E-state index contributed by atoms with van der Waals surface area (Å²) in [7, 11) is 1.62. The van der Waals surface area contributed by atoms with Gasteiger partial charge in [0.2, 0.25) is 0 Å². The highest BCUT2D eigenvalue weighted by Crippen LogP contribution is 2.28. The lowest BCUT2D eigenvalue weighted by Gasteiger charge is -2.15. The third kappa shape index (κ3) is 4.97. The molecule has 4 nitrogen and oxygen atoms in total. The maximum atomic E-state index is 12.8. The van der Waals surface area contributed by atoms with Crippen molar-refractivity contribution in [1.29, 1.82) is 0 Å². The Morgan fingerprint density at radius 2 is 1.77 bits per heavy atom. The largest absolute Gasteiger partial charge is 0.496 e. The fraction of sp³-hybridized carbons (Fsp3) is 0.240. The van der Waals surface area contributed by atoms with Gasteiger partial charge in [0.25, 0.3) is 5.91 Å². The van der Waals surface area contributed by atoms with Crippen LogP contribution in [-0.4, -0.2) is 19.3 Å². The summed E-state index contributed by atoms with van der Waals surface area (Å²) in [5.41, 5.74) is 5.64. The molecule has 0 radical (unpaired) electrons. The van der Waals surface area contributed by atoms with Crippen molar-refractivity contribution in [2.75, 3.05) is 18.7 Å². The SMILES string of the molecule is COc1ccc(C(=O)Nc2ccccc2SC)cc1COc1cc(C)cc(C)c1C. The fourth-order valence-electron chi connectivity index (χ4n) is 3.28. The van der Waals surface area contributed by atoms with Crippen LogP contribution in [0.15, 0.2) is 59.5 Å². The highest BCUT2D eigenvalue weighted by molar-refractivity contribution is 7.98. The van der Waals surface area contributed by atoms with Gasteiger partial charge < -0.3 is 14.8 Å². The minimum Gasteiger partial charge on any atom is -0.496 e. The molecule has 0 fully saturated rings. The fourth-order valence-corrected chi connectivity index (χ4v) is 3.83. The second-order valence-corrected chi connectivity index (χ2v) is 8.02. The van der Waals surface area contributed by atoms with E-state index in [1.165, 1.54) is 5.56 Å². The van der Waals surface area contributed by atoms with Crippen LogP contribution in [0.3, 0.4) is 0 Å². The first-order valence-electron chi connectivity index (χ1n) is 9.75. The molecule has 0 saturated carbocycles. The van der Waals surface area contributed by atoms with Crippen molar-refractivity contribution in [1.82, 2.24) is 0 Å². The Labute approximate surface area is 182 Å². The number of benzene rings is 3. The topological polar surface area (TPSA) is 47.6 Å². The molecular weight excluding hydrogens is 394 g/mol. The lowest BCUT2D eigenvalue weighted by Crippen LogP contribution is -2.13. The van der Waals surface area contributed by atoms with Gasteiger partial charge in [-0.3, -0.25) is 4.79 Å². The molecule has 0 unspecified atom stereocenters. The molecule has 3 aromatic rings. The van der Waals surface area contributed by atoms with E-state index in [-0.39, 0.29) is 5.91 Å². The Morgan fingerprint density at radius 3 is 2.50 bits per heavy atom. The van der Waals surface area contributed by atoms with E-state index in [4.69, 9.17) is 9.47 Å². The summed E-state index contributed by atoms with van der Waals surface area (Å²) in [4.78, 5) is 13.9. The predicted molar refractivity (Wildman–Crippen MR) is 124 cm³/mol. The van der Waals surface area contributed by atoms with Crippen LogP contribution in [0.25, 0.3) is 0 Å². The van der Waals surface area contributed by atoms with E-state index >= 15 is 0 Å². The molecule has 3 rings (SSSR count). The summed E-state index contributed by atoms with van der Waals surface area (Å²) < 4.78 is 11.6. The molecule has 0 saturated heterocycles. The Balaban J connectivity index is 1.82. The highest BCUT2D eigenvalue weighted by Gasteiger charge is 2.13. The Hall–Kier alpha value is -2.92. The van der Waals surface area contributed by atoms with Crippen LogP contribution >= 0.6 is 11.8 Å². The van der Waals surface area contributed by atoms with Crippen molar-refractivity contribution < 1.29 is 14.3 Å². The maximum Gasteiger partial charge on any atom is 0.255 e. The van der Waals surface area contributed by atoms with Crippen molar-refractivity contribution in [3.63, 3.8) is 0 Å². The number of carbonyl (C=O) groups is 1. The first-order valence-corrected chi connectivity index (χ1v) is 11.0. The minimum absolute atomic E-state index is 0.164. The zero-order chi connectivity index (χ0) is 21.7. The van der Waals surface area contributed by atoms with Crippen molar-refractivity contribution >= 4 is 23.4 Å². The van der Waals surface area contributed by atoms with Crippen molar-refractivity contribution in [2.24, 2.45) is 0 Å². The molecule has 3 aromatic carbocycles. The number of amides is 1. The van der Waals surface area contributed by atoms with E-state index in [2.05, 4.69) is 25.2 Å². The molecule has 0 heterocycles. The number of carbonyl (C=O) groups excluding carboxylic acids is 1. The van der Waals surface area contributed by atoms with Crippen molar-refractivity contribution in [3.05, 3.63) is 82.4 Å². The van der Waals surface area contributed by atoms with Crippen molar-refractivity contribution in [2.45, 2.75) is 32.3 Å². The van der Waals surface area contributed by atoms with Gasteiger partial charge in [-0.05, 0) is 80.1 Å². The van der Waals surface area contributed by atoms with Gasteiger partial charge in [-0.15, -0.1) is 11.8 Å². The molecule has 0 aliphatic heterocycles. The second kappa shape index (κ2) is 9.72. The summed E-state index contributed by atoms with van der Waals surface area (Å²) >= 11 is 1.60. The zero-order valence-corrected chi connectivity index (χ0v) is 18.9. The highest BCUT2D eigenvalue weighted by atomic mass is 32.2. The number of hydrogen-bond acceptors (Lipinski definition) is 4. The van der Waals surface area contributed by atoms with E-state index in [0.717, 1.165) is 33.0 Å². The van der Waals surface area contributed by atoms with E-state index < -0.39 is 0 Å². The van der Waals surface area contributed by atoms with Crippen LogP contribution in [0, 0.1) is 20.8 Å². The smallest absolute Gasteiger partial charge is 0.255 e. The van der Waals surface area contributed by atoms with Gasteiger partial charge in [0, 0.05) is 16.0 Å². The number of rotatable bonds is 7. The quantitative estimate of drug-likeness (QED) is 0.463. The number of anilines is 1. The first-order chi connectivity index (χ1) is 14.4. The Bertz CT molecular complexity index is 1060. The molecule has 156 valence electrons. The van der Waals surface area contributed by atoms with Gasteiger partial charge in [-0.1, -0.05) is 18.2 Å². The third-order valence-corrected chi connectivity index (χ3v) is 5.84. The molecular formula is C25H27NO3S. The van der Waals surface area contributed by atoms with Gasteiger partial charge >= 0.3 is 0 Å². The monoisotopic (exact) mass is 421 g/mol. The van der Waals surface area contributed by atoms with Gasteiger partial charge in [0.05, 0.1) is 12.8 Å². The van der Waals surface area contributed by atoms with Crippen LogP contribution in [0.5, 0.6) is 11.5 Å². The zero-order valence-electron chi connectivity index (χ0n) is 18.0. The molecule has 1 N–H and O–H groups in total. The normalized spacial score (nSPS) is 10.6. The number of hydrogen-bond donors (Lipinski definition) is 1. The van der Waals surface area contributed by atoms with E-state index in [9.17, 15) is 4.79 Å². The summed E-state index contributed by atoms with van der Waals surface area (Å²) in [6, 6.07) is 17.3. The predicted octanol–water partition coefficient (Wildman–Crippen LogP) is 6.17. The lowest BCUT2D eigenvalue weighted by atomic mass is 10.1. The molecule has 0 atom stereocenters. The maximum absolute atomic E-state index is 12.8.